The van der Waals surface area contributed by atoms with Gasteiger partial charge < -0.3 is 4.74 Å². The van der Waals surface area contributed by atoms with Crippen molar-refractivity contribution in [3.05, 3.63) is 30.6 Å². The smallest absolute Gasteiger partial charge is 0.419 e. The molecule has 1 atom stereocenters. The largest absolute Gasteiger partial charge is 0.477 e. The van der Waals surface area contributed by atoms with Crippen molar-refractivity contribution in [1.82, 2.24) is 19.5 Å². The lowest BCUT2D eigenvalue weighted by Gasteiger charge is -2.14. The lowest BCUT2D eigenvalue weighted by molar-refractivity contribution is -0.183. The number of imidazole rings is 1. The van der Waals surface area contributed by atoms with Crippen LogP contribution in [0.15, 0.2) is 25.0 Å². The van der Waals surface area contributed by atoms with Gasteiger partial charge in [-0.1, -0.05) is 0 Å². The molecule has 0 fully saturated rings. The van der Waals surface area contributed by atoms with Crippen LogP contribution in [0.4, 0.5) is 17.6 Å². The number of ether oxygens (including phenoxy) is 1. The molecule has 9 heteroatoms. The number of halogens is 4. The first-order valence-electron chi connectivity index (χ1n) is 6.03. The van der Waals surface area contributed by atoms with Crippen molar-refractivity contribution >= 4 is 0 Å². The number of hydrogen-bond acceptors (Lipinski definition) is 4. The molecule has 0 N–H and O–H groups in total. The van der Waals surface area contributed by atoms with E-state index in [0.29, 0.717) is 11.4 Å². The Hall–Kier alpha value is -2.19. The van der Waals surface area contributed by atoms with Crippen LogP contribution in [0.5, 0.6) is 5.88 Å². The molecule has 0 saturated carbocycles. The quantitative estimate of drug-likeness (QED) is 0.797. The van der Waals surface area contributed by atoms with Crippen LogP contribution in [0.25, 0.3) is 5.82 Å². The van der Waals surface area contributed by atoms with Crippen molar-refractivity contribution in [2.45, 2.75) is 25.7 Å². The fourth-order valence-corrected chi connectivity index (χ4v) is 1.64. The Kier molecular flexibility index (Phi) is 4.39. The number of aromatic nitrogens is 4. The summed E-state index contributed by atoms with van der Waals surface area (Å²) in [5.41, 5.74) is 0.526. The van der Waals surface area contributed by atoms with E-state index in [-0.39, 0.29) is 5.88 Å². The maximum atomic E-state index is 12.8. The highest BCUT2D eigenvalue weighted by atomic mass is 19.4. The lowest BCUT2D eigenvalue weighted by Crippen LogP contribution is -2.26. The second-order valence-corrected chi connectivity index (χ2v) is 4.24. The third kappa shape index (κ3) is 3.67. The highest BCUT2D eigenvalue weighted by Gasteiger charge is 2.39. The van der Waals surface area contributed by atoms with Gasteiger partial charge in [-0.15, -0.1) is 0 Å². The van der Waals surface area contributed by atoms with Crippen molar-refractivity contribution in [3.8, 4) is 11.7 Å². The summed E-state index contributed by atoms with van der Waals surface area (Å²) >= 11 is 0. The maximum absolute atomic E-state index is 12.8. The molecule has 0 saturated heterocycles. The van der Waals surface area contributed by atoms with Crippen molar-refractivity contribution < 1.29 is 22.3 Å². The van der Waals surface area contributed by atoms with Crippen molar-refractivity contribution in [3.63, 3.8) is 0 Å². The highest BCUT2D eigenvalue weighted by molar-refractivity contribution is 5.38. The molecule has 1 unspecified atom stereocenters. The summed E-state index contributed by atoms with van der Waals surface area (Å²) in [4.78, 5) is 11.7. The molecule has 2 aromatic heterocycles. The fraction of sp³-hybridized carbons (Fsp3) is 0.417. The molecule has 5 nitrogen and oxygen atoms in total. The minimum absolute atomic E-state index is 0.114. The molecule has 114 valence electrons. The predicted octanol–water partition coefficient (Wildman–Crippen LogP) is 2.64. The molecule has 2 rings (SSSR count). The van der Waals surface area contributed by atoms with Crippen LogP contribution in [-0.4, -0.2) is 38.5 Å². The van der Waals surface area contributed by atoms with E-state index in [0.717, 1.165) is 0 Å². The first-order valence-corrected chi connectivity index (χ1v) is 6.03. The van der Waals surface area contributed by atoms with Crippen molar-refractivity contribution in [1.29, 1.82) is 0 Å². The summed E-state index contributed by atoms with van der Waals surface area (Å²) in [5.74, 6) is 0.605. The van der Waals surface area contributed by atoms with Crippen LogP contribution in [0.1, 0.15) is 12.0 Å². The molecule has 0 aromatic carbocycles. The zero-order valence-corrected chi connectivity index (χ0v) is 11.0. The van der Waals surface area contributed by atoms with E-state index in [1.165, 1.54) is 12.7 Å². The first kappa shape index (κ1) is 15.2. The fourth-order valence-electron chi connectivity index (χ4n) is 1.64. The molecule has 0 aliphatic heterocycles. The van der Waals surface area contributed by atoms with Gasteiger partial charge in [0.25, 0.3) is 0 Å². The molecule has 0 spiro atoms. The van der Waals surface area contributed by atoms with E-state index in [9.17, 15) is 17.6 Å². The molecule has 0 bridgehead atoms. The molecular formula is C12H12F4N4O. The van der Waals surface area contributed by atoms with Gasteiger partial charge in [-0.05, 0) is 6.92 Å². The second kappa shape index (κ2) is 6.06. The number of hydrogen-bond donors (Lipinski definition) is 0. The molecule has 0 aliphatic rings. The average molecular weight is 304 g/mol. The number of rotatable bonds is 5. The van der Waals surface area contributed by atoms with Gasteiger partial charge >= 0.3 is 6.18 Å². The van der Waals surface area contributed by atoms with E-state index >= 15 is 0 Å². The van der Waals surface area contributed by atoms with Crippen molar-refractivity contribution in [2.24, 2.45) is 0 Å². The van der Waals surface area contributed by atoms with E-state index in [1.54, 1.807) is 23.9 Å². The zero-order valence-electron chi connectivity index (χ0n) is 11.0. The molecule has 0 radical (unpaired) electrons. The van der Waals surface area contributed by atoms with E-state index in [2.05, 4.69) is 15.0 Å². The summed E-state index contributed by atoms with van der Waals surface area (Å²) in [6.07, 6.45) is -2.62. The third-order valence-electron chi connectivity index (χ3n) is 2.73. The molecule has 21 heavy (non-hydrogen) atoms. The van der Waals surface area contributed by atoms with Gasteiger partial charge in [-0.3, -0.25) is 4.57 Å². The number of alkyl halides is 4. The highest BCUT2D eigenvalue weighted by Crippen LogP contribution is 2.26. The summed E-state index contributed by atoms with van der Waals surface area (Å²) in [7, 11) is 0. The third-order valence-corrected chi connectivity index (χ3v) is 2.73. The summed E-state index contributed by atoms with van der Waals surface area (Å²) in [6, 6.07) is 0. The van der Waals surface area contributed by atoms with Crippen LogP contribution < -0.4 is 4.74 Å². The number of nitrogens with zero attached hydrogens (tertiary/aromatic N) is 4. The van der Waals surface area contributed by atoms with Crippen LogP contribution in [0.3, 0.4) is 0 Å². The van der Waals surface area contributed by atoms with E-state index in [4.69, 9.17) is 4.74 Å². The lowest BCUT2D eigenvalue weighted by atomic mass is 10.3. The Labute approximate surface area is 117 Å². The van der Waals surface area contributed by atoms with Crippen molar-refractivity contribution in [2.75, 3.05) is 6.61 Å². The Morgan fingerprint density at radius 1 is 1.33 bits per heavy atom. The summed E-state index contributed by atoms with van der Waals surface area (Å²) < 4.78 is 55.6. The molecule has 2 aromatic rings. The van der Waals surface area contributed by atoms with Gasteiger partial charge in [0.2, 0.25) is 5.88 Å². The van der Waals surface area contributed by atoms with Gasteiger partial charge in [0.1, 0.15) is 18.5 Å². The Bertz CT molecular complexity index is 585. The Morgan fingerprint density at radius 3 is 2.71 bits per heavy atom. The van der Waals surface area contributed by atoms with Gasteiger partial charge in [-0.2, -0.15) is 13.2 Å². The van der Waals surface area contributed by atoms with E-state index < -0.39 is 25.4 Å². The van der Waals surface area contributed by atoms with Gasteiger partial charge in [0, 0.05) is 18.8 Å². The zero-order chi connectivity index (χ0) is 15.5. The standard InChI is InChI=1S/C12H12F4N4O/c1-8-10(20-4-3-17-7-20)18-6-19-11(8)21-5-2-9(13)12(14,15)16/h3-4,6-7,9H,2,5H2,1H3. The monoisotopic (exact) mass is 304 g/mol. The minimum Gasteiger partial charge on any atom is -0.477 e. The van der Waals surface area contributed by atoms with Crippen LogP contribution in [-0.2, 0) is 0 Å². The van der Waals surface area contributed by atoms with Crippen LogP contribution in [0, 0.1) is 6.92 Å². The molecule has 0 aliphatic carbocycles. The molecule has 0 amide bonds. The topological polar surface area (TPSA) is 52.8 Å². The maximum Gasteiger partial charge on any atom is 0.419 e. The minimum atomic E-state index is -4.87. The van der Waals surface area contributed by atoms with Gasteiger partial charge in [0.05, 0.1) is 12.2 Å². The Balaban J connectivity index is 2.03. The molecule has 2 heterocycles. The van der Waals surface area contributed by atoms with Crippen LogP contribution >= 0.6 is 0 Å². The van der Waals surface area contributed by atoms with Gasteiger partial charge in [0.15, 0.2) is 6.17 Å². The Morgan fingerprint density at radius 2 is 2.10 bits per heavy atom. The SMILES string of the molecule is Cc1c(OCCC(F)C(F)(F)F)ncnc1-n1ccnc1. The van der Waals surface area contributed by atoms with Gasteiger partial charge in [-0.25, -0.2) is 19.3 Å². The predicted molar refractivity (Wildman–Crippen MR) is 65.0 cm³/mol. The summed E-state index contributed by atoms with van der Waals surface area (Å²) in [6.45, 7) is 1.23. The second-order valence-electron chi connectivity index (χ2n) is 4.24. The normalized spacial score (nSPS) is 13.2. The van der Waals surface area contributed by atoms with E-state index in [1.807, 2.05) is 0 Å². The average Bonchev–Trinajstić information content (AvgIpc) is 2.93. The molecular weight excluding hydrogens is 292 g/mol. The van der Waals surface area contributed by atoms with Crippen LogP contribution in [0.2, 0.25) is 0 Å². The first-order chi connectivity index (χ1) is 9.89. The summed E-state index contributed by atoms with van der Waals surface area (Å²) in [5, 5.41) is 0.